The summed E-state index contributed by atoms with van der Waals surface area (Å²) in [6.07, 6.45) is -0.169. The monoisotopic (exact) mass is 194 g/mol. The Kier molecular flexibility index (Phi) is 4.11. The van der Waals surface area contributed by atoms with E-state index in [9.17, 15) is 0 Å². The summed E-state index contributed by atoms with van der Waals surface area (Å²) >= 11 is 0. The van der Waals surface area contributed by atoms with Crippen LogP contribution in [0.5, 0.6) is 0 Å². The van der Waals surface area contributed by atoms with Gasteiger partial charge in [-0.15, -0.1) is 0 Å². The molecule has 0 bridgehead atoms. The van der Waals surface area contributed by atoms with Gasteiger partial charge in [0.05, 0.1) is 0 Å². The molecule has 0 saturated carbocycles. The largest absolute Gasteiger partial charge is 0.355 e. The fraction of sp³-hybridized carbons (Fsp3) is 0.500. The maximum atomic E-state index is 5.22. The molecule has 14 heavy (non-hydrogen) atoms. The smallest absolute Gasteiger partial charge is 0.163 e. The zero-order valence-corrected chi connectivity index (χ0v) is 9.28. The number of rotatable bonds is 4. The number of hydrogen-bond acceptors (Lipinski definition) is 2. The van der Waals surface area contributed by atoms with Crippen molar-refractivity contribution in [3.05, 3.63) is 35.4 Å². The molecular weight excluding hydrogens is 176 g/mol. The van der Waals surface area contributed by atoms with Crippen LogP contribution in [0.2, 0.25) is 0 Å². The highest BCUT2D eigenvalue weighted by molar-refractivity contribution is 5.24. The van der Waals surface area contributed by atoms with Crippen molar-refractivity contribution >= 4 is 0 Å². The second-order valence-electron chi connectivity index (χ2n) is 3.54. The highest BCUT2D eigenvalue weighted by Gasteiger charge is 2.17. The summed E-state index contributed by atoms with van der Waals surface area (Å²) in [4.78, 5) is 0. The molecule has 2 heteroatoms. The van der Waals surface area contributed by atoms with Gasteiger partial charge in [-0.05, 0) is 12.5 Å². The second-order valence-corrected chi connectivity index (χ2v) is 3.54. The summed E-state index contributed by atoms with van der Waals surface area (Å²) in [5.41, 5.74) is 2.51. The van der Waals surface area contributed by atoms with E-state index in [2.05, 4.69) is 38.1 Å². The third-order valence-electron chi connectivity index (χ3n) is 2.48. The lowest BCUT2D eigenvalue weighted by Crippen LogP contribution is -2.20. The Balaban J connectivity index is 2.77. The number of aryl methyl sites for hydroxylation is 1. The molecular formula is C12H18O2. The first kappa shape index (κ1) is 11.2. The fourth-order valence-electron chi connectivity index (χ4n) is 1.53. The van der Waals surface area contributed by atoms with Gasteiger partial charge in [0.15, 0.2) is 6.29 Å². The van der Waals surface area contributed by atoms with Crippen LogP contribution >= 0.6 is 0 Å². The van der Waals surface area contributed by atoms with Gasteiger partial charge < -0.3 is 9.47 Å². The molecule has 1 aromatic carbocycles. The molecule has 0 radical (unpaired) electrons. The van der Waals surface area contributed by atoms with Crippen LogP contribution in [0.25, 0.3) is 0 Å². The summed E-state index contributed by atoms with van der Waals surface area (Å²) in [6.45, 7) is 4.18. The summed E-state index contributed by atoms with van der Waals surface area (Å²) in [5, 5.41) is 0. The van der Waals surface area contributed by atoms with Gasteiger partial charge in [0.25, 0.3) is 0 Å². The lowest BCUT2D eigenvalue weighted by atomic mass is 9.99. The van der Waals surface area contributed by atoms with Crippen molar-refractivity contribution in [3.8, 4) is 0 Å². The first-order chi connectivity index (χ1) is 6.69. The van der Waals surface area contributed by atoms with E-state index in [0.717, 1.165) is 0 Å². The van der Waals surface area contributed by atoms with Crippen LogP contribution in [0.3, 0.4) is 0 Å². The molecule has 0 spiro atoms. The summed E-state index contributed by atoms with van der Waals surface area (Å²) in [6, 6.07) is 8.44. The van der Waals surface area contributed by atoms with Crippen molar-refractivity contribution in [2.24, 2.45) is 0 Å². The van der Waals surface area contributed by atoms with Crippen molar-refractivity contribution in [1.82, 2.24) is 0 Å². The van der Waals surface area contributed by atoms with Crippen LogP contribution in [-0.4, -0.2) is 20.5 Å². The van der Waals surface area contributed by atoms with Gasteiger partial charge >= 0.3 is 0 Å². The van der Waals surface area contributed by atoms with Gasteiger partial charge in [0, 0.05) is 20.1 Å². The van der Waals surface area contributed by atoms with E-state index in [1.807, 2.05) is 0 Å². The Morgan fingerprint density at radius 3 is 1.93 bits per heavy atom. The molecule has 0 aromatic heterocycles. The highest BCUT2D eigenvalue weighted by atomic mass is 16.7. The van der Waals surface area contributed by atoms with E-state index < -0.39 is 0 Å². The normalized spacial score (nSPS) is 13.2. The predicted octanol–water partition coefficient (Wildman–Crippen LogP) is 2.72. The SMILES string of the molecule is COC(OC)[C@H](C)c1ccc(C)cc1. The van der Waals surface area contributed by atoms with Crippen LogP contribution in [0.15, 0.2) is 24.3 Å². The van der Waals surface area contributed by atoms with Crippen molar-refractivity contribution < 1.29 is 9.47 Å². The number of ether oxygens (including phenoxy) is 2. The summed E-state index contributed by atoms with van der Waals surface area (Å²) in [5.74, 6) is 0.255. The molecule has 0 fully saturated rings. The molecule has 0 heterocycles. The van der Waals surface area contributed by atoms with Gasteiger partial charge in [0.2, 0.25) is 0 Å². The Hall–Kier alpha value is -0.860. The van der Waals surface area contributed by atoms with Crippen LogP contribution in [0.1, 0.15) is 24.0 Å². The molecule has 0 aliphatic heterocycles. The lowest BCUT2D eigenvalue weighted by molar-refractivity contribution is -0.115. The Bertz CT molecular complexity index is 262. The van der Waals surface area contributed by atoms with Gasteiger partial charge in [-0.25, -0.2) is 0 Å². The molecule has 0 unspecified atom stereocenters. The summed E-state index contributed by atoms with van der Waals surface area (Å²) in [7, 11) is 3.33. The maximum Gasteiger partial charge on any atom is 0.163 e. The molecule has 0 amide bonds. The quantitative estimate of drug-likeness (QED) is 0.686. The summed E-state index contributed by atoms with van der Waals surface area (Å²) < 4.78 is 10.4. The molecule has 0 aliphatic rings. The van der Waals surface area contributed by atoms with E-state index in [4.69, 9.17) is 9.47 Å². The second kappa shape index (κ2) is 5.13. The van der Waals surface area contributed by atoms with E-state index >= 15 is 0 Å². The molecule has 0 aliphatic carbocycles. The van der Waals surface area contributed by atoms with E-state index in [1.54, 1.807) is 14.2 Å². The Labute approximate surface area is 85.8 Å². The number of hydrogen-bond donors (Lipinski definition) is 0. The maximum absolute atomic E-state index is 5.22. The third-order valence-corrected chi connectivity index (χ3v) is 2.48. The number of benzene rings is 1. The Morgan fingerprint density at radius 2 is 1.50 bits per heavy atom. The average molecular weight is 194 g/mol. The third kappa shape index (κ3) is 2.56. The highest BCUT2D eigenvalue weighted by Crippen LogP contribution is 2.21. The van der Waals surface area contributed by atoms with Crippen LogP contribution in [-0.2, 0) is 9.47 Å². The van der Waals surface area contributed by atoms with E-state index in [1.165, 1.54) is 11.1 Å². The number of methoxy groups -OCH3 is 2. The molecule has 78 valence electrons. The molecule has 0 N–H and O–H groups in total. The first-order valence-corrected chi connectivity index (χ1v) is 4.81. The zero-order valence-electron chi connectivity index (χ0n) is 9.28. The minimum atomic E-state index is -0.169. The molecule has 1 rings (SSSR count). The lowest BCUT2D eigenvalue weighted by Gasteiger charge is -2.21. The first-order valence-electron chi connectivity index (χ1n) is 4.81. The Morgan fingerprint density at radius 1 is 1.00 bits per heavy atom. The molecule has 0 saturated heterocycles. The van der Waals surface area contributed by atoms with Gasteiger partial charge in [-0.1, -0.05) is 36.8 Å². The topological polar surface area (TPSA) is 18.5 Å². The van der Waals surface area contributed by atoms with E-state index in [-0.39, 0.29) is 12.2 Å². The minimum Gasteiger partial charge on any atom is -0.355 e. The van der Waals surface area contributed by atoms with Crippen LogP contribution in [0.4, 0.5) is 0 Å². The predicted molar refractivity (Wildman–Crippen MR) is 57.4 cm³/mol. The van der Waals surface area contributed by atoms with Crippen molar-refractivity contribution in [2.45, 2.75) is 26.1 Å². The van der Waals surface area contributed by atoms with Crippen molar-refractivity contribution in [1.29, 1.82) is 0 Å². The van der Waals surface area contributed by atoms with Crippen LogP contribution < -0.4 is 0 Å². The van der Waals surface area contributed by atoms with Gasteiger partial charge in [-0.3, -0.25) is 0 Å². The van der Waals surface area contributed by atoms with E-state index in [0.29, 0.717) is 0 Å². The molecule has 1 atom stereocenters. The average Bonchev–Trinajstić information content (AvgIpc) is 2.20. The standard InChI is InChI=1S/C12H18O2/c1-9-5-7-11(8-6-9)10(2)12(13-3)14-4/h5-8,10,12H,1-4H3/t10-/m1/s1. The van der Waals surface area contributed by atoms with Crippen LogP contribution in [0, 0.1) is 6.92 Å². The van der Waals surface area contributed by atoms with Crippen molar-refractivity contribution in [3.63, 3.8) is 0 Å². The molecule has 2 nitrogen and oxygen atoms in total. The van der Waals surface area contributed by atoms with Crippen molar-refractivity contribution in [2.75, 3.05) is 14.2 Å². The molecule has 1 aromatic rings. The fourth-order valence-corrected chi connectivity index (χ4v) is 1.53. The zero-order chi connectivity index (χ0) is 10.6. The van der Waals surface area contributed by atoms with Gasteiger partial charge in [0.1, 0.15) is 0 Å². The minimum absolute atomic E-state index is 0.169. The van der Waals surface area contributed by atoms with Gasteiger partial charge in [-0.2, -0.15) is 0 Å².